The van der Waals surface area contributed by atoms with Crippen molar-refractivity contribution in [3.8, 4) is 0 Å². The lowest BCUT2D eigenvalue weighted by Gasteiger charge is -2.05. The average Bonchev–Trinajstić information content (AvgIpc) is 2.32. The van der Waals surface area contributed by atoms with Gasteiger partial charge in [-0.3, -0.25) is 9.59 Å². The van der Waals surface area contributed by atoms with Crippen LogP contribution in [0.5, 0.6) is 0 Å². The zero-order chi connectivity index (χ0) is 10.0. The Bertz CT molecular complexity index is 352. The molecule has 0 saturated heterocycles. The van der Waals surface area contributed by atoms with E-state index in [9.17, 15) is 9.59 Å². The molecule has 1 aromatic rings. The van der Waals surface area contributed by atoms with Crippen molar-refractivity contribution < 1.29 is 9.59 Å². The number of amides is 1. The quantitative estimate of drug-likeness (QED) is 0.695. The molecule has 0 fully saturated rings. The topological polar surface area (TPSA) is 51.1 Å². The molecule has 4 heteroatoms. The van der Waals surface area contributed by atoms with Crippen LogP contribution in [0.25, 0.3) is 0 Å². The van der Waals surface area contributed by atoms with E-state index >= 15 is 0 Å². The number of nitrogens with one attached hydrogen (secondary N) is 1. The fraction of sp³-hybridized carbons (Fsp3) is 0.333. The molecule has 70 valence electrons. The van der Waals surface area contributed by atoms with E-state index in [1.807, 2.05) is 0 Å². The molecule has 0 aliphatic rings. The predicted octanol–water partition coefficient (Wildman–Crippen LogP) is 1.19. The number of carbonyl (C=O) groups excluding carboxylic acids is 2. The van der Waals surface area contributed by atoms with Crippen LogP contribution in [0.4, 0.5) is 5.82 Å². The fourth-order valence-corrected chi connectivity index (χ4v) is 1.17. The summed E-state index contributed by atoms with van der Waals surface area (Å²) >= 11 is 0. The zero-order valence-corrected chi connectivity index (χ0v) is 7.92. The van der Waals surface area contributed by atoms with Gasteiger partial charge in [-0.2, -0.15) is 0 Å². The standard InChI is InChI=1S/C9H12N2O2/c1-6(12)8-4-5-9(11(8)3)10-7(2)13/h4-5H,1-3H3,(H,10,13). The minimum atomic E-state index is -0.142. The van der Waals surface area contributed by atoms with Crippen LogP contribution in [0, 0.1) is 0 Å². The first-order valence-electron chi connectivity index (χ1n) is 3.96. The van der Waals surface area contributed by atoms with E-state index < -0.39 is 0 Å². The molecule has 0 radical (unpaired) electrons. The van der Waals surface area contributed by atoms with E-state index in [1.165, 1.54) is 13.8 Å². The van der Waals surface area contributed by atoms with E-state index in [2.05, 4.69) is 5.32 Å². The number of anilines is 1. The molecule has 1 N–H and O–H groups in total. The van der Waals surface area contributed by atoms with Crippen molar-refractivity contribution in [1.29, 1.82) is 0 Å². The number of hydrogen-bond donors (Lipinski definition) is 1. The highest BCUT2D eigenvalue weighted by molar-refractivity contribution is 5.95. The molecule has 1 aromatic heterocycles. The highest BCUT2D eigenvalue weighted by Crippen LogP contribution is 2.12. The first-order chi connectivity index (χ1) is 6.02. The summed E-state index contributed by atoms with van der Waals surface area (Å²) in [4.78, 5) is 21.8. The minimum absolute atomic E-state index is 0.0147. The van der Waals surface area contributed by atoms with E-state index in [-0.39, 0.29) is 11.7 Å². The molecule has 0 aliphatic carbocycles. The van der Waals surface area contributed by atoms with Crippen LogP contribution >= 0.6 is 0 Å². The molecule has 13 heavy (non-hydrogen) atoms. The monoisotopic (exact) mass is 180 g/mol. The molecule has 0 spiro atoms. The molecule has 4 nitrogen and oxygen atoms in total. The lowest BCUT2D eigenvalue weighted by atomic mass is 10.3. The Morgan fingerprint density at radius 2 is 1.92 bits per heavy atom. The van der Waals surface area contributed by atoms with Crippen LogP contribution in [-0.2, 0) is 11.8 Å². The van der Waals surface area contributed by atoms with Gasteiger partial charge < -0.3 is 9.88 Å². The third kappa shape index (κ3) is 1.96. The number of nitrogens with zero attached hydrogens (tertiary/aromatic N) is 1. The van der Waals surface area contributed by atoms with Gasteiger partial charge in [0.25, 0.3) is 0 Å². The molecule has 0 unspecified atom stereocenters. The maximum Gasteiger partial charge on any atom is 0.222 e. The fourth-order valence-electron chi connectivity index (χ4n) is 1.17. The van der Waals surface area contributed by atoms with Gasteiger partial charge in [0, 0.05) is 20.9 Å². The van der Waals surface area contributed by atoms with Crippen LogP contribution in [0.3, 0.4) is 0 Å². The Morgan fingerprint density at radius 1 is 1.31 bits per heavy atom. The molecule has 1 amide bonds. The van der Waals surface area contributed by atoms with E-state index in [4.69, 9.17) is 0 Å². The van der Waals surface area contributed by atoms with Crippen molar-refractivity contribution in [2.24, 2.45) is 7.05 Å². The number of rotatable bonds is 2. The first-order valence-corrected chi connectivity index (χ1v) is 3.96. The summed E-state index contributed by atoms with van der Waals surface area (Å²) in [6.07, 6.45) is 0. The Kier molecular flexibility index (Phi) is 2.51. The summed E-state index contributed by atoms with van der Waals surface area (Å²) in [5.41, 5.74) is 0.587. The summed E-state index contributed by atoms with van der Waals surface area (Å²) in [6.45, 7) is 2.92. The molecule has 0 saturated carbocycles. The summed E-state index contributed by atoms with van der Waals surface area (Å²) in [6, 6.07) is 3.39. The summed E-state index contributed by atoms with van der Waals surface area (Å²) in [5.74, 6) is 0.480. The van der Waals surface area contributed by atoms with Crippen LogP contribution < -0.4 is 5.32 Å². The van der Waals surface area contributed by atoms with Gasteiger partial charge in [-0.15, -0.1) is 0 Å². The highest BCUT2D eigenvalue weighted by atomic mass is 16.1. The molecular weight excluding hydrogens is 168 g/mol. The number of Topliss-reactive ketones (excluding diaryl/α,β-unsaturated/α-hetero) is 1. The van der Waals surface area contributed by atoms with Crippen molar-refractivity contribution in [2.45, 2.75) is 13.8 Å². The lowest BCUT2D eigenvalue weighted by molar-refractivity contribution is -0.114. The van der Waals surface area contributed by atoms with Gasteiger partial charge in [-0.1, -0.05) is 0 Å². The molecule has 0 bridgehead atoms. The summed E-state index contributed by atoms with van der Waals surface area (Å²) in [5, 5.41) is 2.62. The molecule has 0 atom stereocenters. The first kappa shape index (κ1) is 9.51. The Morgan fingerprint density at radius 3 is 2.31 bits per heavy atom. The summed E-state index contributed by atoms with van der Waals surface area (Å²) in [7, 11) is 1.74. The van der Waals surface area contributed by atoms with E-state index in [0.29, 0.717) is 11.5 Å². The predicted molar refractivity (Wildman–Crippen MR) is 49.7 cm³/mol. The zero-order valence-electron chi connectivity index (χ0n) is 7.92. The third-order valence-corrected chi connectivity index (χ3v) is 1.79. The number of ketones is 1. The smallest absolute Gasteiger partial charge is 0.222 e. The number of carbonyl (C=O) groups is 2. The van der Waals surface area contributed by atoms with Crippen LogP contribution in [0.1, 0.15) is 24.3 Å². The second kappa shape index (κ2) is 3.43. The van der Waals surface area contributed by atoms with Crippen molar-refractivity contribution >= 4 is 17.5 Å². The Labute approximate surface area is 76.5 Å². The molecular formula is C9H12N2O2. The van der Waals surface area contributed by atoms with Crippen molar-refractivity contribution in [3.05, 3.63) is 17.8 Å². The van der Waals surface area contributed by atoms with Gasteiger partial charge >= 0.3 is 0 Å². The van der Waals surface area contributed by atoms with Gasteiger partial charge in [-0.25, -0.2) is 0 Å². The van der Waals surface area contributed by atoms with Crippen molar-refractivity contribution in [3.63, 3.8) is 0 Å². The maximum absolute atomic E-state index is 11.0. The van der Waals surface area contributed by atoms with E-state index in [1.54, 1.807) is 23.7 Å². The van der Waals surface area contributed by atoms with E-state index in [0.717, 1.165) is 0 Å². The van der Waals surface area contributed by atoms with Crippen LogP contribution in [-0.4, -0.2) is 16.3 Å². The van der Waals surface area contributed by atoms with Gasteiger partial charge in [-0.05, 0) is 12.1 Å². The Hall–Kier alpha value is -1.58. The normalized spacial score (nSPS) is 9.77. The van der Waals surface area contributed by atoms with Gasteiger partial charge in [0.1, 0.15) is 5.82 Å². The van der Waals surface area contributed by atoms with Crippen LogP contribution in [0.2, 0.25) is 0 Å². The van der Waals surface area contributed by atoms with Crippen LogP contribution in [0.15, 0.2) is 12.1 Å². The average molecular weight is 180 g/mol. The summed E-state index contributed by atoms with van der Waals surface area (Å²) < 4.78 is 1.66. The highest BCUT2D eigenvalue weighted by Gasteiger charge is 2.08. The largest absolute Gasteiger partial charge is 0.328 e. The van der Waals surface area contributed by atoms with Crippen molar-refractivity contribution in [1.82, 2.24) is 4.57 Å². The maximum atomic E-state index is 11.0. The third-order valence-electron chi connectivity index (χ3n) is 1.79. The van der Waals surface area contributed by atoms with Gasteiger partial charge in [0.05, 0.1) is 5.69 Å². The molecule has 1 heterocycles. The van der Waals surface area contributed by atoms with Crippen molar-refractivity contribution in [2.75, 3.05) is 5.32 Å². The molecule has 1 rings (SSSR count). The number of aromatic nitrogens is 1. The lowest BCUT2D eigenvalue weighted by Crippen LogP contribution is -2.11. The second-order valence-electron chi connectivity index (χ2n) is 2.90. The minimum Gasteiger partial charge on any atom is -0.328 e. The SMILES string of the molecule is CC(=O)Nc1ccc(C(C)=O)n1C. The number of hydrogen-bond acceptors (Lipinski definition) is 2. The molecule has 0 aliphatic heterocycles. The molecule has 0 aromatic carbocycles. The second-order valence-corrected chi connectivity index (χ2v) is 2.90. The Balaban J connectivity index is 2.99. The van der Waals surface area contributed by atoms with Gasteiger partial charge in [0.2, 0.25) is 5.91 Å². The van der Waals surface area contributed by atoms with Gasteiger partial charge in [0.15, 0.2) is 5.78 Å².